The highest BCUT2D eigenvalue weighted by atomic mass is 35.5. The lowest BCUT2D eigenvalue weighted by Gasteiger charge is -2.18. The minimum atomic E-state index is 0.916. The number of rotatable bonds is 0. The molecule has 0 aliphatic heterocycles. The Morgan fingerprint density at radius 1 is 0.765 bits per heavy atom. The molecule has 0 amide bonds. The first kappa shape index (κ1) is 10.9. The molecule has 0 spiro atoms. The average Bonchev–Trinajstić information content (AvgIpc) is 2.33. The van der Waals surface area contributed by atoms with Gasteiger partial charge in [-0.3, -0.25) is 0 Å². The molecule has 2 aromatic carbocycles. The molecule has 0 fully saturated rings. The fraction of sp³-hybridized carbons (Fsp3) is 0.250. The van der Waals surface area contributed by atoms with Gasteiger partial charge in [0.05, 0.1) is 0 Å². The zero-order chi connectivity index (χ0) is 11.7. The standard InChI is InChI=1S/C16H15Cl/c17-16-11-5-10-14-13-8-3-1-6-12(13)7-2-4-9-15(14)16/h1,3,5-6,8,10-11H,2,4,7,9H2. The third-order valence-corrected chi connectivity index (χ3v) is 3.90. The second kappa shape index (κ2) is 4.54. The van der Waals surface area contributed by atoms with Gasteiger partial charge in [-0.05, 0) is 54.0 Å². The van der Waals surface area contributed by atoms with E-state index < -0.39 is 0 Å². The van der Waals surface area contributed by atoms with Gasteiger partial charge in [0.15, 0.2) is 0 Å². The van der Waals surface area contributed by atoms with Crippen molar-refractivity contribution >= 4 is 11.6 Å². The van der Waals surface area contributed by atoms with Crippen molar-refractivity contribution in [3.8, 4) is 11.1 Å². The Morgan fingerprint density at radius 2 is 1.53 bits per heavy atom. The van der Waals surface area contributed by atoms with Gasteiger partial charge < -0.3 is 0 Å². The lowest BCUT2D eigenvalue weighted by molar-refractivity contribution is 0.729. The Labute approximate surface area is 107 Å². The van der Waals surface area contributed by atoms with Crippen molar-refractivity contribution in [2.45, 2.75) is 25.7 Å². The van der Waals surface area contributed by atoms with Gasteiger partial charge in [-0.25, -0.2) is 0 Å². The fourth-order valence-corrected chi connectivity index (χ4v) is 2.95. The van der Waals surface area contributed by atoms with Gasteiger partial charge in [0.25, 0.3) is 0 Å². The maximum atomic E-state index is 6.33. The predicted molar refractivity (Wildman–Crippen MR) is 73.5 cm³/mol. The average molecular weight is 243 g/mol. The minimum absolute atomic E-state index is 0.916. The number of hydrogen-bond acceptors (Lipinski definition) is 0. The topological polar surface area (TPSA) is 0 Å². The van der Waals surface area contributed by atoms with E-state index in [1.807, 2.05) is 6.07 Å². The van der Waals surface area contributed by atoms with Crippen LogP contribution in [0.2, 0.25) is 5.02 Å². The van der Waals surface area contributed by atoms with Gasteiger partial charge in [-0.2, -0.15) is 0 Å². The summed E-state index contributed by atoms with van der Waals surface area (Å²) in [7, 11) is 0. The van der Waals surface area contributed by atoms with Crippen LogP contribution in [0.3, 0.4) is 0 Å². The first-order valence-corrected chi connectivity index (χ1v) is 6.60. The molecule has 0 radical (unpaired) electrons. The minimum Gasteiger partial charge on any atom is -0.0840 e. The predicted octanol–water partition coefficient (Wildman–Crippen LogP) is 4.89. The highest BCUT2D eigenvalue weighted by Crippen LogP contribution is 2.34. The van der Waals surface area contributed by atoms with Crippen molar-refractivity contribution in [1.29, 1.82) is 0 Å². The molecule has 0 N–H and O–H groups in total. The van der Waals surface area contributed by atoms with Gasteiger partial charge >= 0.3 is 0 Å². The van der Waals surface area contributed by atoms with E-state index in [4.69, 9.17) is 11.6 Å². The number of aryl methyl sites for hydroxylation is 1. The largest absolute Gasteiger partial charge is 0.0840 e. The Bertz CT molecular complexity index is 543. The lowest BCUT2D eigenvalue weighted by Crippen LogP contribution is -2.00. The molecule has 1 aliphatic carbocycles. The van der Waals surface area contributed by atoms with E-state index in [2.05, 4.69) is 36.4 Å². The summed E-state index contributed by atoms with van der Waals surface area (Å²) in [6, 6.07) is 15.0. The molecule has 0 aromatic heterocycles. The maximum absolute atomic E-state index is 6.33. The van der Waals surface area contributed by atoms with E-state index in [-0.39, 0.29) is 0 Å². The fourth-order valence-electron chi connectivity index (χ4n) is 2.68. The van der Waals surface area contributed by atoms with E-state index in [9.17, 15) is 0 Å². The molecule has 86 valence electrons. The zero-order valence-corrected chi connectivity index (χ0v) is 10.5. The third-order valence-electron chi connectivity index (χ3n) is 3.55. The van der Waals surface area contributed by atoms with E-state index in [0.29, 0.717) is 0 Å². The van der Waals surface area contributed by atoms with Crippen LogP contribution >= 0.6 is 11.6 Å². The van der Waals surface area contributed by atoms with Crippen LogP contribution in [0.15, 0.2) is 42.5 Å². The highest BCUT2D eigenvalue weighted by molar-refractivity contribution is 6.31. The molecule has 0 bridgehead atoms. The smallest absolute Gasteiger partial charge is 0.0444 e. The molecule has 0 atom stereocenters. The Morgan fingerprint density at radius 3 is 2.47 bits per heavy atom. The van der Waals surface area contributed by atoms with E-state index >= 15 is 0 Å². The van der Waals surface area contributed by atoms with Crippen LogP contribution in [-0.2, 0) is 12.8 Å². The molecule has 0 saturated carbocycles. The van der Waals surface area contributed by atoms with Crippen molar-refractivity contribution in [3.05, 3.63) is 58.6 Å². The summed E-state index contributed by atoms with van der Waals surface area (Å²) < 4.78 is 0. The van der Waals surface area contributed by atoms with Crippen LogP contribution < -0.4 is 0 Å². The molecule has 3 rings (SSSR count). The maximum Gasteiger partial charge on any atom is 0.0444 e. The monoisotopic (exact) mass is 242 g/mol. The first-order chi connectivity index (χ1) is 8.36. The molecule has 0 saturated heterocycles. The lowest BCUT2D eigenvalue weighted by atomic mass is 9.88. The van der Waals surface area contributed by atoms with Crippen LogP contribution in [0, 0.1) is 0 Å². The van der Waals surface area contributed by atoms with Gasteiger partial charge in [0.2, 0.25) is 0 Å². The van der Waals surface area contributed by atoms with Crippen molar-refractivity contribution in [1.82, 2.24) is 0 Å². The Kier molecular flexibility index (Phi) is 2.90. The van der Waals surface area contributed by atoms with Gasteiger partial charge in [0, 0.05) is 5.02 Å². The SMILES string of the molecule is Clc1cccc2c1CCCCc1ccccc1-2. The van der Waals surface area contributed by atoms with Crippen LogP contribution in [0.1, 0.15) is 24.0 Å². The molecular formula is C16H15Cl. The van der Waals surface area contributed by atoms with Gasteiger partial charge in [-0.1, -0.05) is 48.0 Å². The number of halogens is 1. The highest BCUT2D eigenvalue weighted by Gasteiger charge is 2.14. The Hall–Kier alpha value is -1.27. The van der Waals surface area contributed by atoms with Gasteiger partial charge in [0.1, 0.15) is 0 Å². The summed E-state index contributed by atoms with van der Waals surface area (Å²) >= 11 is 6.33. The van der Waals surface area contributed by atoms with E-state index in [0.717, 1.165) is 11.4 Å². The molecule has 17 heavy (non-hydrogen) atoms. The molecular weight excluding hydrogens is 228 g/mol. The molecule has 0 unspecified atom stereocenters. The molecule has 1 heteroatoms. The Balaban J connectivity index is 2.26. The van der Waals surface area contributed by atoms with Crippen LogP contribution in [0.5, 0.6) is 0 Å². The summed E-state index contributed by atoms with van der Waals surface area (Å²) in [6.45, 7) is 0. The second-order valence-electron chi connectivity index (χ2n) is 4.63. The van der Waals surface area contributed by atoms with Crippen LogP contribution in [0.25, 0.3) is 11.1 Å². The van der Waals surface area contributed by atoms with Crippen molar-refractivity contribution in [2.24, 2.45) is 0 Å². The zero-order valence-electron chi connectivity index (χ0n) is 9.75. The van der Waals surface area contributed by atoms with Crippen molar-refractivity contribution < 1.29 is 0 Å². The van der Waals surface area contributed by atoms with Gasteiger partial charge in [-0.15, -0.1) is 0 Å². The number of hydrogen-bond donors (Lipinski definition) is 0. The summed E-state index contributed by atoms with van der Waals surface area (Å²) in [4.78, 5) is 0. The summed E-state index contributed by atoms with van der Waals surface area (Å²) in [6.07, 6.45) is 4.76. The summed E-state index contributed by atoms with van der Waals surface area (Å²) in [5.74, 6) is 0. The molecule has 0 heterocycles. The quantitative estimate of drug-likeness (QED) is 0.617. The van der Waals surface area contributed by atoms with Crippen LogP contribution in [-0.4, -0.2) is 0 Å². The second-order valence-corrected chi connectivity index (χ2v) is 5.04. The molecule has 1 aliphatic rings. The van der Waals surface area contributed by atoms with Crippen molar-refractivity contribution in [2.75, 3.05) is 0 Å². The normalized spacial score (nSPS) is 14.4. The molecule has 0 nitrogen and oxygen atoms in total. The number of benzene rings is 2. The third kappa shape index (κ3) is 1.98. The molecule has 2 aromatic rings. The summed E-state index contributed by atoms with van der Waals surface area (Å²) in [5.41, 5.74) is 5.47. The number of fused-ring (bicyclic) bond motifs is 3. The summed E-state index contributed by atoms with van der Waals surface area (Å²) in [5, 5.41) is 0.916. The van der Waals surface area contributed by atoms with E-state index in [1.165, 1.54) is 41.5 Å². The first-order valence-electron chi connectivity index (χ1n) is 6.22. The van der Waals surface area contributed by atoms with E-state index in [1.54, 1.807) is 0 Å². The van der Waals surface area contributed by atoms with Crippen LogP contribution in [0.4, 0.5) is 0 Å². The van der Waals surface area contributed by atoms with Crippen molar-refractivity contribution in [3.63, 3.8) is 0 Å².